The van der Waals surface area contributed by atoms with Gasteiger partial charge in [-0.25, -0.2) is 79.0 Å². The normalized spacial score (nSPS) is 12.1. The van der Waals surface area contributed by atoms with E-state index in [-0.39, 0.29) is 110 Å². The van der Waals surface area contributed by atoms with Gasteiger partial charge in [-0.15, -0.1) is 0 Å². The molecule has 0 unspecified atom stereocenters. The first-order valence-electron chi connectivity index (χ1n) is 48.5. The Balaban J connectivity index is 0.000000542. The van der Waals surface area contributed by atoms with Crippen molar-refractivity contribution >= 4 is 39.1 Å². The predicted octanol–water partition coefficient (Wildman–Crippen LogP) is 41.3. The molecule has 22 heteroatoms. The summed E-state index contributed by atoms with van der Waals surface area (Å²) in [5.74, 6) is -12.9. The Hall–Kier alpha value is -9.60. The Morgan fingerprint density at radius 3 is 0.946 bits per heavy atom. The van der Waals surface area contributed by atoms with Gasteiger partial charge in [-0.05, 0) is 264 Å². The molecule has 808 valence electrons. The van der Waals surface area contributed by atoms with E-state index in [2.05, 4.69) is 190 Å². The number of halogens is 21. The summed E-state index contributed by atoms with van der Waals surface area (Å²) in [6, 6.07) is 54.7. The van der Waals surface area contributed by atoms with Crippen molar-refractivity contribution in [2.75, 3.05) is 0 Å². The molecule has 0 fully saturated rings. The third-order valence-corrected chi connectivity index (χ3v) is 24.1. The second-order valence-corrected chi connectivity index (χ2v) is 50.1. The molecule has 1 aliphatic rings. The van der Waals surface area contributed by atoms with Crippen molar-refractivity contribution in [3.63, 3.8) is 0 Å². The van der Waals surface area contributed by atoms with Gasteiger partial charge in [0.15, 0.2) is 34.9 Å². The minimum Gasteiger partial charge on any atom is -0.372 e. The maximum absolute atomic E-state index is 13.5. The van der Waals surface area contributed by atoms with Crippen LogP contribution in [0.1, 0.15) is 344 Å². The molecule has 147 heavy (non-hydrogen) atoms. The lowest BCUT2D eigenvalue weighted by Crippen LogP contribution is -2.16. The quantitative estimate of drug-likeness (QED) is 0.109. The highest BCUT2D eigenvalue weighted by Gasteiger charge is 2.30. The van der Waals surface area contributed by atoms with Gasteiger partial charge in [-0.1, -0.05) is 382 Å². The van der Waals surface area contributed by atoms with Gasteiger partial charge in [-0.2, -0.15) is 0 Å². The molecular formula is C125H155BrCl2F18O. The van der Waals surface area contributed by atoms with E-state index in [9.17, 15) is 79.0 Å². The second-order valence-electron chi connectivity index (χ2n) is 48.5. The zero-order valence-corrected chi connectivity index (χ0v) is 96.5. The van der Waals surface area contributed by atoms with Crippen molar-refractivity contribution in [1.82, 2.24) is 0 Å². The summed E-state index contributed by atoms with van der Waals surface area (Å²) in [6.07, 6.45) is 0. The lowest BCUT2D eigenvalue weighted by molar-refractivity contribution is 0.134. The maximum Gasteiger partial charge on any atom is 0.194 e. The van der Waals surface area contributed by atoms with Crippen LogP contribution in [0.2, 0.25) is 10.0 Å². The minimum absolute atomic E-state index is 0.0251. The molecule has 1 heterocycles. The Labute approximate surface area is 885 Å². The fourth-order valence-electron chi connectivity index (χ4n) is 13.9. The van der Waals surface area contributed by atoms with Gasteiger partial charge in [0.05, 0.1) is 27.7 Å². The van der Waals surface area contributed by atoms with Gasteiger partial charge >= 0.3 is 0 Å². The molecule has 0 saturated heterocycles. The number of ether oxygens (including phenoxy) is 1. The van der Waals surface area contributed by atoms with Gasteiger partial charge in [0.2, 0.25) is 0 Å². The summed E-state index contributed by atoms with van der Waals surface area (Å²) in [4.78, 5) is 0. The summed E-state index contributed by atoms with van der Waals surface area (Å²) >= 11 is 14.5. The standard InChI is InChI=1S/C12H16O.C11H14F2.C11H15F.C11H16.C10H12BrF.2C10H12ClF.3C10H11F3.C10H12F2.C10H13F/c1-12(2,3)11-5-4-9-7-13-8-10(9)6-11;1-7-9(12)6-5-8(10(7)13)11(2,3)4;1-8-7-9(11(2,3)4)5-6-10(8)12;1-9-7-5-6-8-10(9)11(2,3)4;2*1-10(2,3)7-4-5-9(12)8(11)6-7;1-10(2,3)7-5-4-6-8(11)9(7)12;1-10(2,3)9-7(12)4-6(11)5-8(9)13;1-10(2,3)6-4-7(11)9(13)8(12)5-6;1-10(2,3)6-4-5-7(11)9(13)8(6)12;1-10(2,3)9-7(11)5-4-6-8(9)12;1-10(2,3)8-4-6-9(11)7-5-8/h4-6H,7-8H2,1-3H3;5-6H,1-4H3;5-7H,1-4H3;5-8H,1-4H3;3*4-6H,1-3H3;3*4-5H,1-3H3;4-6H,1-3H3;4-7H,1-3H3. The van der Waals surface area contributed by atoms with Gasteiger partial charge in [0, 0.05) is 28.8 Å². The molecule has 12 aromatic rings. The fourth-order valence-corrected chi connectivity index (χ4v) is 14.7. The van der Waals surface area contributed by atoms with Crippen LogP contribution in [-0.4, -0.2) is 0 Å². The number of hydrogen-bond acceptors (Lipinski definition) is 1. The molecule has 1 nitrogen and oxygen atoms in total. The van der Waals surface area contributed by atoms with Gasteiger partial charge in [-0.3, -0.25) is 0 Å². The van der Waals surface area contributed by atoms with Crippen molar-refractivity contribution in [1.29, 1.82) is 0 Å². The highest BCUT2D eigenvalue weighted by atomic mass is 79.9. The van der Waals surface area contributed by atoms with E-state index < -0.39 is 91.9 Å². The van der Waals surface area contributed by atoms with Crippen LogP contribution in [0.25, 0.3) is 0 Å². The molecule has 0 amide bonds. The highest BCUT2D eigenvalue weighted by Crippen LogP contribution is 2.38. The van der Waals surface area contributed by atoms with Crippen LogP contribution in [0, 0.1) is 125 Å². The Morgan fingerprint density at radius 1 is 0.211 bits per heavy atom. The molecule has 12 aromatic carbocycles. The van der Waals surface area contributed by atoms with Crippen molar-refractivity contribution in [2.24, 2.45) is 0 Å². The number of fused-ring (bicyclic) bond motifs is 1. The summed E-state index contributed by atoms with van der Waals surface area (Å²) < 4.78 is 238. The first-order valence-corrected chi connectivity index (χ1v) is 50.0. The van der Waals surface area contributed by atoms with Crippen LogP contribution in [0.5, 0.6) is 0 Å². The van der Waals surface area contributed by atoms with Gasteiger partial charge in [0.1, 0.15) is 69.8 Å². The molecule has 0 radical (unpaired) electrons. The molecule has 13 rings (SSSR count). The van der Waals surface area contributed by atoms with Crippen molar-refractivity contribution in [3.8, 4) is 0 Å². The zero-order valence-electron chi connectivity index (χ0n) is 93.4. The van der Waals surface area contributed by atoms with Crippen molar-refractivity contribution < 1.29 is 83.8 Å². The SMILES string of the molecule is CC(C)(C)c1c(F)cc(F)cc1F.CC(C)(C)c1c(F)cccc1F.CC(C)(C)c1cc(F)c(F)c(F)c1.CC(C)(C)c1ccc(F)c(Br)c1.CC(C)(C)c1ccc(F)c(Cl)c1.CC(C)(C)c1ccc(F)c(F)c1F.CC(C)(C)c1ccc(F)cc1.CC(C)(C)c1ccc2c(c1)COC2.CC(C)(C)c1cccc(Cl)c1F.Cc1c(F)ccc(C(C)(C)C)c1F.Cc1cc(C(C)(C)C)ccc1F.Cc1ccccc1C(C)(C)C. The fraction of sp³-hybridized carbons (Fsp3) is 0.424. The minimum atomic E-state index is -1.41. The average molecular weight is 2170 g/mol. The van der Waals surface area contributed by atoms with E-state index >= 15 is 0 Å². The average Bonchev–Trinajstić information content (AvgIpc) is 1.46. The maximum atomic E-state index is 13.5. The third kappa shape index (κ3) is 44.5. The predicted molar refractivity (Wildman–Crippen MR) is 581 cm³/mol. The number of benzene rings is 12. The summed E-state index contributed by atoms with van der Waals surface area (Å²) in [7, 11) is 0. The largest absolute Gasteiger partial charge is 0.372 e. The smallest absolute Gasteiger partial charge is 0.194 e. The highest BCUT2D eigenvalue weighted by molar-refractivity contribution is 9.10. The Kier molecular flexibility index (Phi) is 49.9. The summed E-state index contributed by atoms with van der Waals surface area (Å²) in [5.41, 5.74) is 12.6. The van der Waals surface area contributed by atoms with E-state index in [4.69, 9.17) is 27.9 Å². The Bertz CT molecular complexity index is 5950. The first-order chi connectivity index (χ1) is 66.5. The molecule has 0 saturated carbocycles. The zero-order chi connectivity index (χ0) is 114. The van der Waals surface area contributed by atoms with Crippen LogP contribution in [0.3, 0.4) is 0 Å². The molecule has 0 bridgehead atoms. The lowest BCUT2D eigenvalue weighted by atomic mass is 9.84. The van der Waals surface area contributed by atoms with Crippen molar-refractivity contribution in [2.45, 2.75) is 348 Å². The molecule has 1 aliphatic heterocycles. The van der Waals surface area contributed by atoms with Crippen LogP contribution < -0.4 is 0 Å². The van der Waals surface area contributed by atoms with Gasteiger partial charge in [0.25, 0.3) is 0 Å². The van der Waals surface area contributed by atoms with E-state index in [1.54, 1.807) is 120 Å². The summed E-state index contributed by atoms with van der Waals surface area (Å²) in [6.45, 7) is 78.3. The van der Waals surface area contributed by atoms with Crippen LogP contribution >= 0.6 is 39.1 Å². The molecule has 0 N–H and O–H groups in total. The lowest BCUT2D eigenvalue weighted by Gasteiger charge is -2.21. The summed E-state index contributed by atoms with van der Waals surface area (Å²) in [5, 5.41) is 0.393. The molecule has 0 atom stereocenters. The molecule has 0 spiro atoms. The topological polar surface area (TPSA) is 9.23 Å². The number of rotatable bonds is 0. The van der Waals surface area contributed by atoms with Crippen LogP contribution in [0.4, 0.5) is 79.0 Å². The number of aryl methyl sites for hydroxylation is 2. The molecule has 0 aromatic heterocycles. The van der Waals surface area contributed by atoms with E-state index in [1.165, 1.54) is 113 Å². The number of hydrogen-bond donors (Lipinski definition) is 0. The monoisotopic (exact) mass is 2160 g/mol. The van der Waals surface area contributed by atoms with Crippen molar-refractivity contribution in [3.05, 3.63) is 420 Å². The molecular weight excluding hydrogens is 2010 g/mol. The molecule has 0 aliphatic carbocycles. The van der Waals surface area contributed by atoms with Crippen LogP contribution in [0.15, 0.2) is 211 Å². The van der Waals surface area contributed by atoms with E-state index in [0.717, 1.165) is 48.1 Å². The van der Waals surface area contributed by atoms with Crippen LogP contribution in [-0.2, 0) is 82.9 Å². The van der Waals surface area contributed by atoms with E-state index in [1.807, 2.05) is 77.9 Å². The first kappa shape index (κ1) is 133. The third-order valence-electron chi connectivity index (χ3n) is 22.9. The second kappa shape index (κ2) is 54.9. The van der Waals surface area contributed by atoms with E-state index in [0.29, 0.717) is 33.3 Å². The Morgan fingerprint density at radius 2 is 0.558 bits per heavy atom. The van der Waals surface area contributed by atoms with Gasteiger partial charge < -0.3 is 4.74 Å².